The maximum Gasteiger partial charge on any atom is 0.191 e. The molecule has 10 heteroatoms. The highest BCUT2D eigenvalue weighted by Gasteiger charge is 2.12. The maximum atomic E-state index is 4.70. The molecule has 164 valence electrons. The molecule has 0 aliphatic rings. The van der Waals surface area contributed by atoms with Gasteiger partial charge in [0, 0.05) is 45.3 Å². The van der Waals surface area contributed by atoms with Crippen LogP contribution in [0.1, 0.15) is 34.6 Å². The van der Waals surface area contributed by atoms with Gasteiger partial charge in [-0.1, -0.05) is 0 Å². The van der Waals surface area contributed by atoms with E-state index in [0.29, 0.717) is 12.1 Å². The van der Waals surface area contributed by atoms with Crippen molar-refractivity contribution < 1.29 is 0 Å². The van der Waals surface area contributed by atoms with Gasteiger partial charge >= 0.3 is 0 Å². The van der Waals surface area contributed by atoms with Crippen LogP contribution in [0.25, 0.3) is 11.0 Å². The number of hydrogen-bond acceptors (Lipinski definition) is 6. The Morgan fingerprint density at radius 3 is 2.52 bits per heavy atom. The molecule has 0 radical (unpaired) electrons. The lowest BCUT2D eigenvalue weighted by atomic mass is 10.2. The zero-order valence-electron chi connectivity index (χ0n) is 18.4. The number of nitrogens with zero attached hydrogens (tertiary/aromatic N) is 6. The van der Waals surface area contributed by atoms with Crippen LogP contribution in [0.2, 0.25) is 0 Å². The summed E-state index contributed by atoms with van der Waals surface area (Å²) in [6.45, 7) is 15.0. The molecule has 2 aromatic heterocycles. The van der Waals surface area contributed by atoms with Crippen molar-refractivity contribution in [2.45, 2.75) is 46.7 Å². The van der Waals surface area contributed by atoms with Gasteiger partial charge < -0.3 is 16.0 Å². The summed E-state index contributed by atoms with van der Waals surface area (Å²) < 4.78 is 1.74. The Kier molecular flexibility index (Phi) is 11.2. The van der Waals surface area contributed by atoms with Crippen molar-refractivity contribution in [3.05, 3.63) is 12.5 Å². The van der Waals surface area contributed by atoms with E-state index in [1.54, 1.807) is 17.2 Å². The SMILES string of the molecule is CCNC(=NCCN(C(C)C)C(C)C)NCCNc1ncnc2c1cnn2C.I. The Balaban J connectivity index is 0.00000420. The molecule has 0 aliphatic carbocycles. The molecular formula is C19H36IN9. The second kappa shape index (κ2) is 12.8. The lowest BCUT2D eigenvalue weighted by Crippen LogP contribution is -2.41. The predicted molar refractivity (Wildman–Crippen MR) is 131 cm³/mol. The molecule has 0 atom stereocenters. The van der Waals surface area contributed by atoms with Crippen LogP contribution in [-0.4, -0.2) is 75.4 Å². The highest BCUT2D eigenvalue weighted by molar-refractivity contribution is 14.0. The Hall–Kier alpha value is -1.69. The van der Waals surface area contributed by atoms with Crippen LogP contribution in [-0.2, 0) is 7.05 Å². The van der Waals surface area contributed by atoms with Gasteiger partial charge in [0.1, 0.15) is 12.1 Å². The quantitative estimate of drug-likeness (QED) is 0.192. The Labute approximate surface area is 191 Å². The number of aryl methyl sites for hydroxylation is 1. The maximum absolute atomic E-state index is 4.70. The molecule has 0 saturated heterocycles. The van der Waals surface area contributed by atoms with Crippen molar-refractivity contribution in [1.29, 1.82) is 0 Å². The Bertz CT molecular complexity index is 749. The lowest BCUT2D eigenvalue weighted by Gasteiger charge is -2.29. The summed E-state index contributed by atoms with van der Waals surface area (Å²) >= 11 is 0. The molecule has 2 heterocycles. The molecule has 0 aromatic carbocycles. The van der Waals surface area contributed by atoms with Crippen LogP contribution in [0.4, 0.5) is 5.82 Å². The third-order valence-corrected chi connectivity index (χ3v) is 4.54. The number of hydrogen-bond donors (Lipinski definition) is 3. The topological polar surface area (TPSA) is 95.3 Å². The normalized spacial score (nSPS) is 12.0. The van der Waals surface area contributed by atoms with Gasteiger partial charge in [-0.25, -0.2) is 9.97 Å². The first kappa shape index (κ1) is 25.3. The number of rotatable bonds is 10. The minimum atomic E-state index is 0. The van der Waals surface area contributed by atoms with Crippen LogP contribution < -0.4 is 16.0 Å². The van der Waals surface area contributed by atoms with Gasteiger partial charge in [0.15, 0.2) is 11.6 Å². The van der Waals surface area contributed by atoms with E-state index in [1.165, 1.54) is 0 Å². The summed E-state index contributed by atoms with van der Waals surface area (Å²) in [7, 11) is 1.87. The van der Waals surface area contributed by atoms with Crippen molar-refractivity contribution in [3.63, 3.8) is 0 Å². The third kappa shape index (κ3) is 7.57. The first-order chi connectivity index (χ1) is 13.4. The van der Waals surface area contributed by atoms with E-state index in [4.69, 9.17) is 4.99 Å². The second-order valence-electron chi connectivity index (χ2n) is 7.27. The molecule has 2 rings (SSSR count). The largest absolute Gasteiger partial charge is 0.368 e. The first-order valence-corrected chi connectivity index (χ1v) is 10.1. The fourth-order valence-electron chi connectivity index (χ4n) is 3.20. The summed E-state index contributed by atoms with van der Waals surface area (Å²) in [5.74, 6) is 1.64. The van der Waals surface area contributed by atoms with Crippen molar-refractivity contribution in [3.8, 4) is 0 Å². The van der Waals surface area contributed by atoms with E-state index in [1.807, 2.05) is 7.05 Å². The number of aromatic nitrogens is 4. The van der Waals surface area contributed by atoms with E-state index in [0.717, 1.165) is 55.5 Å². The summed E-state index contributed by atoms with van der Waals surface area (Å²) in [5.41, 5.74) is 0.820. The molecule has 0 fully saturated rings. The molecule has 0 amide bonds. The number of halogens is 1. The van der Waals surface area contributed by atoms with Crippen LogP contribution in [0.5, 0.6) is 0 Å². The zero-order valence-corrected chi connectivity index (χ0v) is 20.8. The first-order valence-electron chi connectivity index (χ1n) is 10.1. The summed E-state index contributed by atoms with van der Waals surface area (Å²) in [5, 5.41) is 15.2. The molecular weight excluding hydrogens is 481 g/mol. The lowest BCUT2D eigenvalue weighted by molar-refractivity contribution is 0.181. The van der Waals surface area contributed by atoms with E-state index in [9.17, 15) is 0 Å². The fraction of sp³-hybridized carbons (Fsp3) is 0.684. The van der Waals surface area contributed by atoms with Crippen LogP contribution >= 0.6 is 24.0 Å². The van der Waals surface area contributed by atoms with Crippen molar-refractivity contribution in [1.82, 2.24) is 35.3 Å². The van der Waals surface area contributed by atoms with Crippen molar-refractivity contribution >= 4 is 46.8 Å². The molecule has 0 bridgehead atoms. The highest BCUT2D eigenvalue weighted by Crippen LogP contribution is 2.16. The number of anilines is 1. The van der Waals surface area contributed by atoms with Crippen LogP contribution in [0.3, 0.4) is 0 Å². The second-order valence-corrected chi connectivity index (χ2v) is 7.27. The van der Waals surface area contributed by atoms with E-state index in [2.05, 4.69) is 70.5 Å². The standard InChI is InChI=1S/C19H35N9.HI/c1-7-20-19(23-10-11-28(14(2)3)15(4)5)22-9-8-21-17-16-12-26-27(6)18(16)25-13-24-17;/h12-15H,7-11H2,1-6H3,(H2,20,22,23)(H,21,24,25);1H. The van der Waals surface area contributed by atoms with E-state index < -0.39 is 0 Å². The van der Waals surface area contributed by atoms with Crippen molar-refractivity contribution in [2.24, 2.45) is 12.0 Å². The molecule has 0 saturated carbocycles. The van der Waals surface area contributed by atoms with E-state index >= 15 is 0 Å². The molecule has 0 aliphatic heterocycles. The van der Waals surface area contributed by atoms with Gasteiger partial charge in [0.2, 0.25) is 0 Å². The van der Waals surface area contributed by atoms with Gasteiger partial charge in [0.25, 0.3) is 0 Å². The average Bonchev–Trinajstić information content (AvgIpc) is 3.03. The minimum Gasteiger partial charge on any atom is -0.368 e. The van der Waals surface area contributed by atoms with Gasteiger partial charge in [-0.2, -0.15) is 5.10 Å². The summed E-state index contributed by atoms with van der Waals surface area (Å²) in [6.07, 6.45) is 3.34. The number of guanidine groups is 1. The molecule has 29 heavy (non-hydrogen) atoms. The summed E-state index contributed by atoms with van der Waals surface area (Å²) in [4.78, 5) is 15.7. The van der Waals surface area contributed by atoms with E-state index in [-0.39, 0.29) is 24.0 Å². The number of aliphatic imine (C=N–C) groups is 1. The molecule has 0 spiro atoms. The smallest absolute Gasteiger partial charge is 0.191 e. The van der Waals surface area contributed by atoms with Crippen molar-refractivity contribution in [2.75, 3.05) is 38.0 Å². The summed E-state index contributed by atoms with van der Waals surface area (Å²) in [6, 6.07) is 1.04. The monoisotopic (exact) mass is 517 g/mol. The minimum absolute atomic E-state index is 0. The average molecular weight is 517 g/mol. The molecule has 0 unspecified atom stereocenters. The fourth-order valence-corrected chi connectivity index (χ4v) is 3.20. The van der Waals surface area contributed by atoms with Gasteiger partial charge in [0.05, 0.1) is 18.1 Å². The Morgan fingerprint density at radius 2 is 1.86 bits per heavy atom. The van der Waals surface area contributed by atoms with Gasteiger partial charge in [-0.05, 0) is 34.6 Å². The Morgan fingerprint density at radius 1 is 1.14 bits per heavy atom. The molecule has 2 aromatic rings. The van der Waals surface area contributed by atoms with Gasteiger partial charge in [-0.3, -0.25) is 14.6 Å². The third-order valence-electron chi connectivity index (χ3n) is 4.54. The van der Waals surface area contributed by atoms with Crippen LogP contribution in [0, 0.1) is 0 Å². The zero-order chi connectivity index (χ0) is 20.5. The molecule has 3 N–H and O–H groups in total. The number of fused-ring (bicyclic) bond motifs is 1. The molecule has 9 nitrogen and oxygen atoms in total. The predicted octanol–water partition coefficient (Wildman–Crippen LogP) is 2.07. The number of nitrogens with one attached hydrogen (secondary N) is 3. The van der Waals surface area contributed by atoms with Crippen LogP contribution in [0.15, 0.2) is 17.5 Å². The van der Waals surface area contributed by atoms with Gasteiger partial charge in [-0.15, -0.1) is 24.0 Å². The highest BCUT2D eigenvalue weighted by atomic mass is 127.